The van der Waals surface area contributed by atoms with E-state index < -0.39 is 32.5 Å². The summed E-state index contributed by atoms with van der Waals surface area (Å²) in [4.78, 5) is 1.10. The molecule has 10 heteroatoms. The van der Waals surface area contributed by atoms with Crippen molar-refractivity contribution in [3.8, 4) is 0 Å². The van der Waals surface area contributed by atoms with Gasteiger partial charge in [0, 0.05) is 43.4 Å². The maximum absolute atomic E-state index is 14.2. The Morgan fingerprint density at radius 2 is 1.66 bits per heavy atom. The lowest BCUT2D eigenvalue weighted by atomic mass is 10.1. The third kappa shape index (κ3) is 3.36. The van der Waals surface area contributed by atoms with Crippen LogP contribution in [0.1, 0.15) is 5.56 Å². The standard InChI is InChI=1S/C19H17F4N3O2S/c20-14-4-1-2-7-17(14)29(27,28)26-12-13(19(21,22)23)18-15(5-3-6-16(18)26)25-10-8-24-9-11-25/h1-7,12,24H,8-11H2. The highest BCUT2D eigenvalue weighted by Gasteiger charge is 2.38. The zero-order valence-electron chi connectivity index (χ0n) is 15.1. The van der Waals surface area contributed by atoms with E-state index in [9.17, 15) is 26.0 Å². The molecule has 0 amide bonds. The molecule has 1 aliphatic rings. The third-order valence-electron chi connectivity index (χ3n) is 4.91. The second-order valence-corrected chi connectivity index (χ2v) is 8.46. The molecule has 2 heterocycles. The Morgan fingerprint density at radius 3 is 2.31 bits per heavy atom. The zero-order valence-corrected chi connectivity index (χ0v) is 15.9. The van der Waals surface area contributed by atoms with Crippen molar-refractivity contribution in [3.63, 3.8) is 0 Å². The summed E-state index contributed by atoms with van der Waals surface area (Å²) in [7, 11) is -4.57. The summed E-state index contributed by atoms with van der Waals surface area (Å²) >= 11 is 0. The summed E-state index contributed by atoms with van der Waals surface area (Å²) in [6.07, 6.45) is -4.24. The van der Waals surface area contributed by atoms with Crippen molar-refractivity contribution < 1.29 is 26.0 Å². The molecule has 0 saturated carbocycles. The van der Waals surface area contributed by atoms with Gasteiger partial charge in [-0.05, 0) is 24.3 Å². The number of piperazine rings is 1. The van der Waals surface area contributed by atoms with Crippen molar-refractivity contribution in [2.75, 3.05) is 31.1 Å². The van der Waals surface area contributed by atoms with E-state index in [1.807, 2.05) is 0 Å². The monoisotopic (exact) mass is 427 g/mol. The number of hydrogen-bond acceptors (Lipinski definition) is 4. The van der Waals surface area contributed by atoms with Crippen LogP contribution in [0.5, 0.6) is 0 Å². The van der Waals surface area contributed by atoms with Gasteiger partial charge in [0.05, 0.1) is 11.1 Å². The van der Waals surface area contributed by atoms with E-state index in [0.29, 0.717) is 42.0 Å². The summed E-state index contributed by atoms with van der Waals surface area (Å²) in [6.45, 7) is 2.18. The average Bonchev–Trinajstić information content (AvgIpc) is 3.10. The fraction of sp³-hybridized carbons (Fsp3) is 0.263. The molecule has 2 aromatic carbocycles. The van der Waals surface area contributed by atoms with E-state index in [-0.39, 0.29) is 10.9 Å². The summed E-state index contributed by atoms with van der Waals surface area (Å²) in [5.41, 5.74) is -0.906. The van der Waals surface area contributed by atoms with E-state index in [1.54, 1.807) is 11.0 Å². The molecule has 1 N–H and O–H groups in total. The fourth-order valence-electron chi connectivity index (χ4n) is 3.58. The highest BCUT2D eigenvalue weighted by molar-refractivity contribution is 7.90. The Hall–Kier alpha value is -2.59. The van der Waals surface area contributed by atoms with Gasteiger partial charge < -0.3 is 10.2 Å². The Balaban J connectivity index is 2.01. The fourth-order valence-corrected chi connectivity index (χ4v) is 5.01. The van der Waals surface area contributed by atoms with Crippen LogP contribution in [0, 0.1) is 5.82 Å². The minimum absolute atomic E-state index is 0.142. The number of fused-ring (bicyclic) bond motifs is 1. The quantitative estimate of drug-likeness (QED) is 0.651. The predicted octanol–water partition coefficient (Wildman–Crippen LogP) is 3.45. The van der Waals surface area contributed by atoms with Crippen molar-refractivity contribution >= 4 is 26.6 Å². The topological polar surface area (TPSA) is 54.3 Å². The number of rotatable bonds is 3. The third-order valence-corrected chi connectivity index (χ3v) is 6.62. The number of hydrogen-bond donors (Lipinski definition) is 1. The number of benzene rings is 2. The first-order valence-electron chi connectivity index (χ1n) is 8.88. The lowest BCUT2D eigenvalue weighted by Gasteiger charge is -2.30. The smallest absolute Gasteiger partial charge is 0.368 e. The van der Waals surface area contributed by atoms with Gasteiger partial charge in [0.2, 0.25) is 0 Å². The van der Waals surface area contributed by atoms with Crippen molar-refractivity contribution in [3.05, 3.63) is 60.0 Å². The molecule has 29 heavy (non-hydrogen) atoms. The summed E-state index contributed by atoms with van der Waals surface area (Å²) in [5, 5.41) is 2.92. The molecule has 4 rings (SSSR count). The number of aromatic nitrogens is 1. The van der Waals surface area contributed by atoms with Crippen molar-refractivity contribution in [1.82, 2.24) is 9.29 Å². The second kappa shape index (κ2) is 7.03. The van der Waals surface area contributed by atoms with Crippen LogP contribution >= 0.6 is 0 Å². The maximum atomic E-state index is 14.2. The molecule has 5 nitrogen and oxygen atoms in total. The predicted molar refractivity (Wildman–Crippen MR) is 101 cm³/mol. The number of nitrogens with zero attached hydrogens (tertiary/aromatic N) is 2. The van der Waals surface area contributed by atoms with Gasteiger partial charge in [-0.15, -0.1) is 0 Å². The minimum Gasteiger partial charge on any atom is -0.368 e. The molecule has 1 aliphatic heterocycles. The second-order valence-electron chi connectivity index (χ2n) is 6.68. The average molecular weight is 427 g/mol. The lowest BCUT2D eigenvalue weighted by Crippen LogP contribution is -2.43. The molecule has 0 radical (unpaired) electrons. The summed E-state index contributed by atoms with van der Waals surface area (Å²) in [6, 6.07) is 8.97. The van der Waals surface area contributed by atoms with Gasteiger partial charge in [0.15, 0.2) is 0 Å². The molecule has 1 saturated heterocycles. The zero-order chi connectivity index (χ0) is 20.8. The molecule has 0 atom stereocenters. The van der Waals surface area contributed by atoms with Crippen LogP contribution in [-0.4, -0.2) is 38.6 Å². The molecule has 0 spiro atoms. The van der Waals surface area contributed by atoms with Crippen molar-refractivity contribution in [2.45, 2.75) is 11.1 Å². The van der Waals surface area contributed by atoms with Gasteiger partial charge in [-0.25, -0.2) is 16.8 Å². The molecule has 3 aromatic rings. The van der Waals surface area contributed by atoms with Gasteiger partial charge in [-0.1, -0.05) is 18.2 Å². The highest BCUT2D eigenvalue weighted by Crippen LogP contribution is 2.42. The normalized spacial score (nSPS) is 15.8. The molecule has 0 bridgehead atoms. The van der Waals surface area contributed by atoms with E-state index in [4.69, 9.17) is 0 Å². The van der Waals surface area contributed by atoms with E-state index >= 15 is 0 Å². The van der Waals surface area contributed by atoms with Crippen LogP contribution in [0.4, 0.5) is 23.2 Å². The van der Waals surface area contributed by atoms with Gasteiger partial charge in [-0.2, -0.15) is 13.2 Å². The van der Waals surface area contributed by atoms with Crippen molar-refractivity contribution in [1.29, 1.82) is 0 Å². The highest BCUT2D eigenvalue weighted by atomic mass is 32.2. The van der Waals surface area contributed by atoms with Crippen LogP contribution in [0.2, 0.25) is 0 Å². The van der Waals surface area contributed by atoms with E-state index in [1.165, 1.54) is 24.3 Å². The van der Waals surface area contributed by atoms with Crippen LogP contribution in [0.25, 0.3) is 10.9 Å². The van der Waals surface area contributed by atoms with Crippen molar-refractivity contribution in [2.24, 2.45) is 0 Å². The Labute approximate surface area is 164 Å². The van der Waals surface area contributed by atoms with E-state index in [0.717, 1.165) is 12.1 Å². The van der Waals surface area contributed by atoms with Gasteiger partial charge in [0.25, 0.3) is 10.0 Å². The Kier molecular flexibility index (Phi) is 4.78. The first-order chi connectivity index (χ1) is 13.7. The molecular formula is C19H17F4N3O2S. The summed E-state index contributed by atoms with van der Waals surface area (Å²) < 4.78 is 82.2. The van der Waals surface area contributed by atoms with Gasteiger partial charge in [0.1, 0.15) is 10.7 Å². The lowest BCUT2D eigenvalue weighted by molar-refractivity contribution is -0.136. The van der Waals surface area contributed by atoms with Crippen LogP contribution < -0.4 is 10.2 Å². The van der Waals surface area contributed by atoms with Gasteiger partial charge >= 0.3 is 6.18 Å². The van der Waals surface area contributed by atoms with Crippen LogP contribution in [0.3, 0.4) is 0 Å². The summed E-state index contributed by atoms with van der Waals surface area (Å²) in [5.74, 6) is -1.03. The number of halogens is 4. The molecule has 0 unspecified atom stereocenters. The minimum atomic E-state index is -4.78. The first-order valence-corrected chi connectivity index (χ1v) is 10.3. The van der Waals surface area contributed by atoms with Crippen LogP contribution in [0.15, 0.2) is 53.6 Å². The largest absolute Gasteiger partial charge is 0.418 e. The molecule has 1 fully saturated rings. The first kappa shape index (κ1) is 19.7. The Bertz CT molecular complexity index is 1170. The molecular weight excluding hydrogens is 410 g/mol. The SMILES string of the molecule is O=S(=O)(c1ccccc1F)n1cc(C(F)(F)F)c2c(N3CCNCC3)cccc21. The Morgan fingerprint density at radius 1 is 0.966 bits per heavy atom. The number of anilines is 1. The van der Waals surface area contributed by atoms with E-state index in [2.05, 4.69) is 5.32 Å². The molecule has 0 aliphatic carbocycles. The number of nitrogens with one attached hydrogen (secondary N) is 1. The number of alkyl halides is 3. The van der Waals surface area contributed by atoms with Crippen LogP contribution in [-0.2, 0) is 16.2 Å². The van der Waals surface area contributed by atoms with Gasteiger partial charge in [-0.3, -0.25) is 0 Å². The molecule has 1 aromatic heterocycles. The molecule has 154 valence electrons. The maximum Gasteiger partial charge on any atom is 0.418 e.